The van der Waals surface area contributed by atoms with Crippen molar-refractivity contribution in [1.29, 1.82) is 0 Å². The Morgan fingerprint density at radius 2 is 2.00 bits per heavy atom. The van der Waals surface area contributed by atoms with Crippen LogP contribution in [0.1, 0.15) is 52.5 Å². The SMILES string of the molecule is CC1(C)OB(C(F)=Cc2cnn(CC3CCC3)c2)OC1(C)C. The summed E-state index contributed by atoms with van der Waals surface area (Å²) in [5.41, 5.74) is -0.734. The largest absolute Gasteiger partial charge is 0.525 e. The van der Waals surface area contributed by atoms with Gasteiger partial charge < -0.3 is 9.31 Å². The molecule has 1 aliphatic heterocycles. The Balaban J connectivity index is 1.67. The Morgan fingerprint density at radius 1 is 1.36 bits per heavy atom. The van der Waals surface area contributed by atoms with Crippen LogP contribution in [0.25, 0.3) is 6.08 Å². The van der Waals surface area contributed by atoms with Crippen LogP contribution in [0.4, 0.5) is 4.39 Å². The van der Waals surface area contributed by atoms with Gasteiger partial charge in [-0.2, -0.15) is 5.10 Å². The van der Waals surface area contributed by atoms with Crippen molar-refractivity contribution in [3.63, 3.8) is 0 Å². The van der Waals surface area contributed by atoms with Gasteiger partial charge in [-0.15, -0.1) is 0 Å². The number of hydrogen-bond donors (Lipinski definition) is 0. The lowest BCUT2D eigenvalue weighted by molar-refractivity contribution is 0.00578. The lowest BCUT2D eigenvalue weighted by Crippen LogP contribution is -2.41. The first kappa shape index (κ1) is 15.7. The van der Waals surface area contributed by atoms with Gasteiger partial charge in [0.2, 0.25) is 0 Å². The van der Waals surface area contributed by atoms with Crippen molar-refractivity contribution in [3.05, 3.63) is 23.7 Å². The van der Waals surface area contributed by atoms with Crippen LogP contribution in [0, 0.1) is 5.92 Å². The number of aromatic nitrogens is 2. The molecule has 1 saturated carbocycles. The summed E-state index contributed by atoms with van der Waals surface area (Å²) in [5, 5.41) is 4.30. The Labute approximate surface area is 131 Å². The van der Waals surface area contributed by atoms with E-state index in [9.17, 15) is 4.39 Å². The maximum Gasteiger partial charge on any atom is 0.525 e. The van der Waals surface area contributed by atoms with Crippen molar-refractivity contribution in [2.45, 2.75) is 64.7 Å². The fraction of sp³-hybridized carbons (Fsp3) is 0.688. The molecule has 0 N–H and O–H groups in total. The first-order valence-electron chi connectivity index (χ1n) is 8.02. The number of hydrogen-bond acceptors (Lipinski definition) is 3. The molecule has 1 aromatic heterocycles. The second-order valence-electron chi connectivity index (χ2n) is 7.41. The zero-order valence-corrected chi connectivity index (χ0v) is 13.8. The number of halogens is 1. The van der Waals surface area contributed by atoms with E-state index in [2.05, 4.69) is 5.10 Å². The minimum absolute atomic E-state index is 0.415. The Bertz CT molecular complexity index is 562. The summed E-state index contributed by atoms with van der Waals surface area (Å²) < 4.78 is 27.7. The smallest absolute Gasteiger partial charge is 0.398 e. The zero-order valence-electron chi connectivity index (χ0n) is 13.8. The lowest BCUT2D eigenvalue weighted by atomic mass is 9.85. The third kappa shape index (κ3) is 2.99. The summed E-state index contributed by atoms with van der Waals surface area (Å²) in [4.78, 5) is 0. The molecule has 0 atom stereocenters. The summed E-state index contributed by atoms with van der Waals surface area (Å²) in [6.07, 6.45) is 8.87. The molecule has 22 heavy (non-hydrogen) atoms. The zero-order chi connectivity index (χ0) is 16.0. The highest BCUT2D eigenvalue weighted by molar-refractivity contribution is 6.54. The van der Waals surface area contributed by atoms with Gasteiger partial charge in [0.05, 0.1) is 17.4 Å². The molecule has 0 amide bonds. The van der Waals surface area contributed by atoms with Crippen LogP contribution in [0.3, 0.4) is 0 Å². The highest BCUT2D eigenvalue weighted by Crippen LogP contribution is 2.39. The van der Waals surface area contributed by atoms with E-state index in [0.717, 1.165) is 18.0 Å². The molecule has 2 fully saturated rings. The molecule has 0 radical (unpaired) electrons. The van der Waals surface area contributed by atoms with Crippen LogP contribution in [-0.4, -0.2) is 28.1 Å². The maximum absolute atomic E-state index is 14.4. The fourth-order valence-electron chi connectivity index (χ4n) is 2.68. The molecule has 0 spiro atoms. The predicted molar refractivity (Wildman–Crippen MR) is 84.7 cm³/mol. The molecular formula is C16H24BFN2O2. The molecule has 0 unspecified atom stereocenters. The van der Waals surface area contributed by atoms with Crippen LogP contribution < -0.4 is 0 Å². The van der Waals surface area contributed by atoms with Gasteiger partial charge in [-0.3, -0.25) is 4.68 Å². The van der Waals surface area contributed by atoms with Crippen molar-refractivity contribution in [3.8, 4) is 0 Å². The van der Waals surface area contributed by atoms with Gasteiger partial charge >= 0.3 is 7.12 Å². The first-order valence-corrected chi connectivity index (χ1v) is 8.02. The second kappa shape index (κ2) is 5.50. The normalized spacial score (nSPS) is 24.6. The molecule has 0 aromatic carbocycles. The second-order valence-corrected chi connectivity index (χ2v) is 7.41. The van der Waals surface area contributed by atoms with Crippen LogP contribution in [0.15, 0.2) is 18.1 Å². The summed E-state index contributed by atoms with van der Waals surface area (Å²) in [6, 6.07) is 0. The topological polar surface area (TPSA) is 36.3 Å². The minimum atomic E-state index is -0.944. The molecule has 0 bridgehead atoms. The lowest BCUT2D eigenvalue weighted by Gasteiger charge is -2.32. The standard InChI is InChI=1S/C16H24BFN2O2/c1-15(2)16(3,4)22-17(21-15)14(18)8-13-9-19-20(11-13)10-12-6-5-7-12/h8-9,11-12H,5-7,10H2,1-4H3. The van der Waals surface area contributed by atoms with Crippen molar-refractivity contribution in [1.82, 2.24) is 9.78 Å². The van der Waals surface area contributed by atoms with Crippen LogP contribution in [0.2, 0.25) is 0 Å². The van der Waals surface area contributed by atoms with E-state index in [1.54, 1.807) is 6.20 Å². The van der Waals surface area contributed by atoms with Gasteiger partial charge in [0.25, 0.3) is 0 Å². The monoisotopic (exact) mass is 306 g/mol. The average Bonchev–Trinajstić information content (AvgIpc) is 2.87. The van der Waals surface area contributed by atoms with E-state index < -0.39 is 24.0 Å². The third-order valence-electron chi connectivity index (χ3n) is 5.11. The van der Waals surface area contributed by atoms with E-state index in [1.807, 2.05) is 38.6 Å². The van der Waals surface area contributed by atoms with Gasteiger partial charge in [-0.05, 0) is 52.5 Å². The Hall–Kier alpha value is -1.14. The molecule has 120 valence electrons. The Kier molecular flexibility index (Phi) is 3.93. The fourth-order valence-corrected chi connectivity index (χ4v) is 2.68. The van der Waals surface area contributed by atoms with Crippen molar-refractivity contribution in [2.75, 3.05) is 0 Å². The Morgan fingerprint density at radius 3 is 2.55 bits per heavy atom. The molecule has 6 heteroatoms. The molecular weight excluding hydrogens is 282 g/mol. The van der Waals surface area contributed by atoms with E-state index >= 15 is 0 Å². The minimum Gasteiger partial charge on any atom is -0.398 e. The van der Waals surface area contributed by atoms with Crippen molar-refractivity contribution >= 4 is 13.2 Å². The van der Waals surface area contributed by atoms with Crippen molar-refractivity contribution in [2.24, 2.45) is 5.92 Å². The maximum atomic E-state index is 14.4. The summed E-state index contributed by atoms with van der Waals surface area (Å²) in [6.45, 7) is 8.58. The summed E-state index contributed by atoms with van der Waals surface area (Å²) in [5.74, 6) is 0.727. The van der Waals surface area contributed by atoms with Gasteiger partial charge in [0.15, 0.2) is 0 Å². The highest BCUT2D eigenvalue weighted by atomic mass is 19.1. The van der Waals surface area contributed by atoms with Crippen LogP contribution in [0.5, 0.6) is 0 Å². The van der Waals surface area contributed by atoms with Gasteiger partial charge in [0, 0.05) is 18.3 Å². The number of rotatable bonds is 4. The molecule has 1 aliphatic carbocycles. The van der Waals surface area contributed by atoms with Crippen molar-refractivity contribution < 1.29 is 13.7 Å². The highest BCUT2D eigenvalue weighted by Gasteiger charge is 2.53. The van der Waals surface area contributed by atoms with E-state index in [4.69, 9.17) is 9.31 Å². The van der Waals surface area contributed by atoms with Gasteiger partial charge in [0.1, 0.15) is 5.73 Å². The summed E-state index contributed by atoms with van der Waals surface area (Å²) >= 11 is 0. The first-order chi connectivity index (χ1) is 10.3. The summed E-state index contributed by atoms with van der Waals surface area (Å²) in [7, 11) is -0.944. The third-order valence-corrected chi connectivity index (χ3v) is 5.11. The van der Waals surface area contributed by atoms with Gasteiger partial charge in [-0.1, -0.05) is 6.42 Å². The molecule has 1 saturated heterocycles. The van der Waals surface area contributed by atoms with E-state index in [0.29, 0.717) is 0 Å². The van der Waals surface area contributed by atoms with E-state index in [1.165, 1.54) is 25.3 Å². The molecule has 2 aliphatic rings. The van der Waals surface area contributed by atoms with Gasteiger partial charge in [-0.25, -0.2) is 4.39 Å². The average molecular weight is 306 g/mol. The molecule has 2 heterocycles. The van der Waals surface area contributed by atoms with Crippen LogP contribution in [-0.2, 0) is 15.9 Å². The molecule has 1 aromatic rings. The molecule has 4 nitrogen and oxygen atoms in total. The molecule has 3 rings (SSSR count). The predicted octanol–water partition coefficient (Wildman–Crippen LogP) is 3.63. The quantitative estimate of drug-likeness (QED) is 0.797. The van der Waals surface area contributed by atoms with E-state index in [-0.39, 0.29) is 0 Å². The number of nitrogens with zero attached hydrogens (tertiary/aromatic N) is 2. The van der Waals surface area contributed by atoms with Crippen LogP contribution >= 0.6 is 0 Å².